The van der Waals surface area contributed by atoms with Gasteiger partial charge in [-0.3, -0.25) is 9.36 Å². The summed E-state index contributed by atoms with van der Waals surface area (Å²) in [7, 11) is 0. The average Bonchev–Trinajstić information content (AvgIpc) is 3.18. The van der Waals surface area contributed by atoms with Gasteiger partial charge in [0.2, 0.25) is 0 Å². The van der Waals surface area contributed by atoms with Crippen molar-refractivity contribution in [3.05, 3.63) is 66.5 Å². The molecule has 0 saturated carbocycles. The van der Waals surface area contributed by atoms with Gasteiger partial charge in [-0.1, -0.05) is 42.1 Å². The van der Waals surface area contributed by atoms with Crippen molar-refractivity contribution in [2.75, 3.05) is 37.3 Å². The van der Waals surface area contributed by atoms with Crippen LogP contribution in [0, 0.1) is 0 Å². The van der Waals surface area contributed by atoms with Gasteiger partial charge in [0.15, 0.2) is 5.16 Å². The van der Waals surface area contributed by atoms with E-state index in [0.29, 0.717) is 31.9 Å². The summed E-state index contributed by atoms with van der Waals surface area (Å²) in [6.45, 7) is 2.56. The summed E-state index contributed by atoms with van der Waals surface area (Å²) < 4.78 is 1.92. The highest BCUT2D eigenvalue weighted by Crippen LogP contribution is 2.28. The fourth-order valence-corrected chi connectivity index (χ4v) is 4.04. The minimum absolute atomic E-state index is 0.0198. The molecule has 0 bridgehead atoms. The number of nitrogens with zero attached hydrogens (tertiary/aromatic N) is 4. The van der Waals surface area contributed by atoms with Gasteiger partial charge < -0.3 is 14.9 Å². The Morgan fingerprint density at radius 2 is 1.68 bits per heavy atom. The van der Waals surface area contributed by atoms with Gasteiger partial charge in [-0.2, -0.15) is 0 Å². The summed E-state index contributed by atoms with van der Waals surface area (Å²) in [6, 6.07) is 17.2. The first-order valence-electron chi connectivity index (χ1n) is 9.18. The zero-order chi connectivity index (χ0) is 19.5. The molecule has 1 saturated heterocycles. The highest BCUT2D eigenvalue weighted by molar-refractivity contribution is 7.98. The van der Waals surface area contributed by atoms with Crippen LogP contribution in [-0.4, -0.2) is 57.9 Å². The SMILES string of the molecule is CSc1ncc(C(=O)N2CCN(c3ccccc3O)CC2)n1-c1ccccc1. The van der Waals surface area contributed by atoms with Crippen LogP contribution in [0.2, 0.25) is 0 Å². The van der Waals surface area contributed by atoms with E-state index in [2.05, 4.69) is 9.88 Å². The highest BCUT2D eigenvalue weighted by Gasteiger charge is 2.27. The van der Waals surface area contributed by atoms with E-state index in [1.807, 2.05) is 64.3 Å². The lowest BCUT2D eigenvalue weighted by molar-refractivity contribution is 0.0738. The van der Waals surface area contributed by atoms with Crippen molar-refractivity contribution >= 4 is 23.4 Å². The van der Waals surface area contributed by atoms with Crippen LogP contribution in [-0.2, 0) is 0 Å². The van der Waals surface area contributed by atoms with E-state index >= 15 is 0 Å². The number of carbonyl (C=O) groups excluding carboxylic acids is 1. The van der Waals surface area contributed by atoms with Crippen LogP contribution in [0.25, 0.3) is 5.69 Å². The smallest absolute Gasteiger partial charge is 0.272 e. The van der Waals surface area contributed by atoms with Crippen molar-refractivity contribution in [2.24, 2.45) is 0 Å². The van der Waals surface area contributed by atoms with Crippen molar-refractivity contribution in [1.29, 1.82) is 0 Å². The largest absolute Gasteiger partial charge is 0.506 e. The number of amides is 1. The summed E-state index contributed by atoms with van der Waals surface area (Å²) >= 11 is 1.52. The van der Waals surface area contributed by atoms with Crippen molar-refractivity contribution in [2.45, 2.75) is 5.16 Å². The lowest BCUT2D eigenvalue weighted by atomic mass is 10.2. The van der Waals surface area contributed by atoms with Crippen LogP contribution >= 0.6 is 11.8 Å². The maximum Gasteiger partial charge on any atom is 0.272 e. The monoisotopic (exact) mass is 394 g/mol. The van der Waals surface area contributed by atoms with Gasteiger partial charge in [0, 0.05) is 31.9 Å². The number of rotatable bonds is 4. The van der Waals surface area contributed by atoms with Gasteiger partial charge in [0.25, 0.3) is 5.91 Å². The van der Waals surface area contributed by atoms with Gasteiger partial charge in [-0.15, -0.1) is 0 Å². The van der Waals surface area contributed by atoms with Crippen LogP contribution in [0.1, 0.15) is 10.5 Å². The maximum absolute atomic E-state index is 13.2. The number of aromatic hydroxyl groups is 1. The maximum atomic E-state index is 13.2. The highest BCUT2D eigenvalue weighted by atomic mass is 32.2. The predicted octanol–water partition coefficient (Wildman–Crippen LogP) is 3.26. The van der Waals surface area contributed by atoms with Crippen molar-refractivity contribution in [3.8, 4) is 11.4 Å². The number of thioether (sulfide) groups is 1. The van der Waals surface area contributed by atoms with E-state index in [0.717, 1.165) is 16.5 Å². The third-order valence-corrected chi connectivity index (χ3v) is 5.59. The quantitative estimate of drug-likeness (QED) is 0.688. The number of para-hydroxylation sites is 3. The van der Waals surface area contributed by atoms with E-state index in [1.165, 1.54) is 11.8 Å². The molecule has 144 valence electrons. The number of aromatic nitrogens is 2. The summed E-state index contributed by atoms with van der Waals surface area (Å²) in [5.41, 5.74) is 2.32. The first kappa shape index (κ1) is 18.4. The van der Waals surface area contributed by atoms with Gasteiger partial charge in [0.1, 0.15) is 11.4 Å². The molecule has 1 N–H and O–H groups in total. The number of anilines is 1. The van der Waals surface area contributed by atoms with Crippen molar-refractivity contribution in [3.63, 3.8) is 0 Å². The minimum atomic E-state index is -0.0198. The van der Waals surface area contributed by atoms with Crippen LogP contribution in [0.4, 0.5) is 5.69 Å². The number of hydrogen-bond donors (Lipinski definition) is 1. The van der Waals surface area contributed by atoms with Crippen molar-refractivity contribution in [1.82, 2.24) is 14.5 Å². The van der Waals surface area contributed by atoms with Crippen LogP contribution in [0.15, 0.2) is 66.0 Å². The molecule has 0 aliphatic carbocycles. The predicted molar refractivity (Wildman–Crippen MR) is 112 cm³/mol. The number of imidazole rings is 1. The Kier molecular flexibility index (Phi) is 5.25. The Labute approximate surface area is 168 Å². The zero-order valence-electron chi connectivity index (χ0n) is 15.7. The molecular weight excluding hydrogens is 372 g/mol. The summed E-state index contributed by atoms with van der Waals surface area (Å²) in [5.74, 6) is 0.252. The Morgan fingerprint density at radius 1 is 1.00 bits per heavy atom. The van der Waals surface area contributed by atoms with E-state index in [1.54, 1.807) is 12.3 Å². The fourth-order valence-electron chi connectivity index (χ4n) is 3.50. The number of piperazine rings is 1. The third-order valence-electron chi connectivity index (χ3n) is 4.93. The van der Waals surface area contributed by atoms with E-state index < -0.39 is 0 Å². The molecule has 0 spiro atoms. The van der Waals surface area contributed by atoms with Crippen LogP contribution in [0.5, 0.6) is 5.75 Å². The molecule has 1 aliphatic heterocycles. The topological polar surface area (TPSA) is 61.6 Å². The molecule has 4 rings (SSSR count). The summed E-state index contributed by atoms with van der Waals surface area (Å²) in [6.07, 6.45) is 3.62. The second kappa shape index (κ2) is 7.98. The summed E-state index contributed by atoms with van der Waals surface area (Å²) in [5, 5.41) is 10.9. The molecule has 1 fully saturated rings. The van der Waals surface area contributed by atoms with E-state index in [-0.39, 0.29) is 11.7 Å². The second-order valence-corrected chi connectivity index (χ2v) is 7.34. The molecule has 1 aliphatic rings. The normalized spacial score (nSPS) is 14.3. The standard InChI is InChI=1S/C21H22N4O2S/c1-28-21-22-15-18(25(21)16-7-3-2-4-8-16)20(27)24-13-11-23(12-14-24)17-9-5-6-10-19(17)26/h2-10,15,26H,11-14H2,1H3. The Morgan fingerprint density at radius 3 is 2.36 bits per heavy atom. The molecule has 0 unspecified atom stereocenters. The Hall–Kier alpha value is -2.93. The average molecular weight is 395 g/mol. The number of phenols is 1. The number of carbonyl (C=O) groups is 1. The van der Waals surface area contributed by atoms with E-state index in [4.69, 9.17) is 0 Å². The first-order valence-corrected chi connectivity index (χ1v) is 10.4. The second-order valence-electron chi connectivity index (χ2n) is 6.57. The molecule has 0 radical (unpaired) electrons. The molecule has 1 aromatic heterocycles. The van der Waals surface area contributed by atoms with E-state index in [9.17, 15) is 9.90 Å². The number of hydrogen-bond acceptors (Lipinski definition) is 5. The lowest BCUT2D eigenvalue weighted by Crippen LogP contribution is -2.49. The molecular formula is C21H22N4O2S. The first-order chi connectivity index (χ1) is 13.7. The van der Waals surface area contributed by atoms with Crippen LogP contribution in [0.3, 0.4) is 0 Å². The zero-order valence-corrected chi connectivity index (χ0v) is 16.5. The molecule has 6 nitrogen and oxygen atoms in total. The minimum Gasteiger partial charge on any atom is -0.506 e. The summed E-state index contributed by atoms with van der Waals surface area (Å²) in [4.78, 5) is 21.6. The molecule has 2 aromatic carbocycles. The molecule has 3 aromatic rings. The molecule has 2 heterocycles. The van der Waals surface area contributed by atoms with Gasteiger partial charge >= 0.3 is 0 Å². The van der Waals surface area contributed by atoms with Gasteiger partial charge in [0.05, 0.1) is 11.9 Å². The molecule has 7 heteroatoms. The fraction of sp³-hybridized carbons (Fsp3) is 0.238. The molecule has 0 atom stereocenters. The molecule has 1 amide bonds. The van der Waals surface area contributed by atoms with Gasteiger partial charge in [-0.25, -0.2) is 4.98 Å². The number of benzene rings is 2. The Balaban J connectivity index is 1.54. The van der Waals surface area contributed by atoms with Crippen LogP contribution < -0.4 is 4.90 Å². The lowest BCUT2D eigenvalue weighted by Gasteiger charge is -2.36. The number of phenolic OH excluding ortho intramolecular Hbond substituents is 1. The van der Waals surface area contributed by atoms with Crippen molar-refractivity contribution < 1.29 is 9.90 Å². The van der Waals surface area contributed by atoms with Gasteiger partial charge in [-0.05, 0) is 30.5 Å². The molecule has 28 heavy (non-hydrogen) atoms. The Bertz CT molecular complexity index is 966. The third kappa shape index (κ3) is 3.45.